The van der Waals surface area contributed by atoms with E-state index < -0.39 is 0 Å². The quantitative estimate of drug-likeness (QED) is 0.665. The second kappa shape index (κ2) is 7.80. The van der Waals surface area contributed by atoms with Gasteiger partial charge in [0, 0.05) is 38.1 Å². The summed E-state index contributed by atoms with van der Waals surface area (Å²) in [6.45, 7) is 3.04. The molecule has 0 atom stereocenters. The summed E-state index contributed by atoms with van der Waals surface area (Å²) in [7, 11) is 1.66. The van der Waals surface area contributed by atoms with Crippen molar-refractivity contribution in [2.24, 2.45) is 0 Å². The number of hydrogen-bond donors (Lipinski definition) is 1. The Hall–Kier alpha value is -2.87. The zero-order chi connectivity index (χ0) is 17.6. The normalized spacial score (nSPS) is 10.8. The van der Waals surface area contributed by atoms with Crippen molar-refractivity contribution in [1.29, 1.82) is 0 Å². The van der Waals surface area contributed by atoms with Crippen LogP contribution in [0.4, 0.5) is 10.3 Å². The first-order valence-electron chi connectivity index (χ1n) is 7.92. The van der Waals surface area contributed by atoms with Crippen LogP contribution < -0.4 is 5.32 Å². The number of benzene rings is 1. The highest BCUT2D eigenvalue weighted by atomic mass is 19.1. The van der Waals surface area contributed by atoms with Crippen LogP contribution in [0.2, 0.25) is 0 Å². The first kappa shape index (κ1) is 17.0. The Morgan fingerprint density at radius 1 is 1.28 bits per heavy atom. The molecule has 8 heteroatoms. The highest BCUT2D eigenvalue weighted by Gasteiger charge is 2.15. The molecule has 130 valence electrons. The van der Waals surface area contributed by atoms with E-state index in [0.717, 1.165) is 6.42 Å². The molecule has 0 saturated carbocycles. The number of rotatable bonds is 7. The molecule has 0 saturated heterocycles. The van der Waals surface area contributed by atoms with Crippen molar-refractivity contribution in [3.8, 4) is 17.2 Å². The van der Waals surface area contributed by atoms with Crippen molar-refractivity contribution in [3.63, 3.8) is 0 Å². The van der Waals surface area contributed by atoms with E-state index in [9.17, 15) is 4.39 Å². The van der Waals surface area contributed by atoms with Crippen molar-refractivity contribution >= 4 is 5.95 Å². The highest BCUT2D eigenvalue weighted by Crippen LogP contribution is 2.23. The van der Waals surface area contributed by atoms with Crippen LogP contribution in [0.25, 0.3) is 17.2 Å². The van der Waals surface area contributed by atoms with Gasteiger partial charge < -0.3 is 10.1 Å². The minimum absolute atomic E-state index is 0.288. The van der Waals surface area contributed by atoms with Crippen LogP contribution in [0.1, 0.15) is 12.0 Å². The molecular formula is C17H19FN6O. The molecule has 0 aliphatic heterocycles. The van der Waals surface area contributed by atoms with Gasteiger partial charge in [-0.1, -0.05) is 12.1 Å². The fourth-order valence-corrected chi connectivity index (χ4v) is 2.29. The van der Waals surface area contributed by atoms with Gasteiger partial charge in [0.15, 0.2) is 11.6 Å². The van der Waals surface area contributed by atoms with Gasteiger partial charge in [-0.2, -0.15) is 9.67 Å². The summed E-state index contributed by atoms with van der Waals surface area (Å²) < 4.78 is 20.6. The third kappa shape index (κ3) is 3.97. The van der Waals surface area contributed by atoms with Gasteiger partial charge in [0.25, 0.3) is 0 Å². The summed E-state index contributed by atoms with van der Waals surface area (Å²) in [4.78, 5) is 12.6. The molecule has 0 bridgehead atoms. The van der Waals surface area contributed by atoms with Gasteiger partial charge >= 0.3 is 0 Å². The Bertz CT molecular complexity index is 836. The number of nitrogens with one attached hydrogen (secondary N) is 1. The van der Waals surface area contributed by atoms with Crippen LogP contribution in [0, 0.1) is 12.7 Å². The molecule has 0 fully saturated rings. The second-order valence-electron chi connectivity index (χ2n) is 5.48. The van der Waals surface area contributed by atoms with E-state index in [-0.39, 0.29) is 5.82 Å². The Morgan fingerprint density at radius 3 is 2.88 bits per heavy atom. The molecule has 2 heterocycles. The highest BCUT2D eigenvalue weighted by molar-refractivity contribution is 5.59. The average molecular weight is 342 g/mol. The summed E-state index contributed by atoms with van der Waals surface area (Å²) >= 11 is 0. The van der Waals surface area contributed by atoms with Gasteiger partial charge in [-0.25, -0.2) is 14.4 Å². The van der Waals surface area contributed by atoms with Crippen LogP contribution in [0.15, 0.2) is 36.8 Å². The number of anilines is 1. The molecule has 2 aromatic heterocycles. The predicted octanol–water partition coefficient (Wildman–Crippen LogP) is 2.62. The largest absolute Gasteiger partial charge is 0.385 e. The molecule has 0 aliphatic carbocycles. The maximum absolute atomic E-state index is 14.0. The predicted molar refractivity (Wildman–Crippen MR) is 92.1 cm³/mol. The van der Waals surface area contributed by atoms with Gasteiger partial charge in [-0.05, 0) is 25.0 Å². The Kier molecular flexibility index (Phi) is 5.30. The van der Waals surface area contributed by atoms with E-state index in [2.05, 4.69) is 25.4 Å². The monoisotopic (exact) mass is 342 g/mol. The van der Waals surface area contributed by atoms with Crippen molar-refractivity contribution in [2.75, 3.05) is 25.6 Å². The molecule has 25 heavy (non-hydrogen) atoms. The maximum Gasteiger partial charge on any atom is 0.243 e. The first-order chi connectivity index (χ1) is 12.2. The van der Waals surface area contributed by atoms with Crippen molar-refractivity contribution < 1.29 is 9.13 Å². The number of hydrogen-bond acceptors (Lipinski definition) is 6. The summed E-state index contributed by atoms with van der Waals surface area (Å²) in [5.74, 6) is 1.23. The lowest BCUT2D eigenvalue weighted by atomic mass is 10.1. The number of nitrogens with zero attached hydrogens (tertiary/aromatic N) is 5. The summed E-state index contributed by atoms with van der Waals surface area (Å²) in [6, 6.07) is 6.70. The van der Waals surface area contributed by atoms with E-state index in [0.29, 0.717) is 41.9 Å². The van der Waals surface area contributed by atoms with E-state index in [1.165, 1.54) is 12.4 Å². The average Bonchev–Trinajstić information content (AvgIpc) is 3.06. The van der Waals surface area contributed by atoms with Gasteiger partial charge in [0.1, 0.15) is 12.1 Å². The molecule has 0 radical (unpaired) electrons. The van der Waals surface area contributed by atoms with E-state index in [4.69, 9.17) is 4.74 Å². The Morgan fingerprint density at radius 2 is 2.16 bits per heavy atom. The number of halogens is 1. The molecule has 0 unspecified atom stereocenters. The number of methoxy groups -OCH3 is 1. The second-order valence-corrected chi connectivity index (χ2v) is 5.48. The molecule has 0 spiro atoms. The summed E-state index contributed by atoms with van der Waals surface area (Å²) in [5.41, 5.74) is 1.20. The third-order valence-electron chi connectivity index (χ3n) is 3.63. The fourth-order valence-electron chi connectivity index (χ4n) is 2.29. The van der Waals surface area contributed by atoms with E-state index in [1.807, 2.05) is 6.07 Å². The lowest BCUT2D eigenvalue weighted by Crippen LogP contribution is -2.06. The fraction of sp³-hybridized carbons (Fsp3) is 0.294. The van der Waals surface area contributed by atoms with Crippen LogP contribution in [-0.2, 0) is 4.74 Å². The summed E-state index contributed by atoms with van der Waals surface area (Å²) in [6.07, 6.45) is 3.88. The van der Waals surface area contributed by atoms with Gasteiger partial charge in [0.05, 0.1) is 0 Å². The number of aryl methyl sites for hydroxylation is 1. The lowest BCUT2D eigenvalue weighted by molar-refractivity contribution is 0.197. The van der Waals surface area contributed by atoms with Gasteiger partial charge in [-0.15, -0.1) is 5.10 Å². The van der Waals surface area contributed by atoms with Crippen molar-refractivity contribution in [2.45, 2.75) is 13.3 Å². The molecule has 0 aliphatic rings. The zero-order valence-corrected chi connectivity index (χ0v) is 14.1. The molecular weight excluding hydrogens is 323 g/mol. The summed E-state index contributed by atoms with van der Waals surface area (Å²) in [5, 5.41) is 7.59. The number of aromatic nitrogens is 5. The van der Waals surface area contributed by atoms with Crippen molar-refractivity contribution in [3.05, 3.63) is 48.2 Å². The molecule has 0 amide bonds. The van der Waals surface area contributed by atoms with Gasteiger partial charge in [-0.3, -0.25) is 0 Å². The molecule has 3 rings (SSSR count). The van der Waals surface area contributed by atoms with E-state index in [1.54, 1.807) is 37.0 Å². The van der Waals surface area contributed by atoms with Crippen LogP contribution in [-0.4, -0.2) is 45.0 Å². The smallest absolute Gasteiger partial charge is 0.243 e. The van der Waals surface area contributed by atoms with Gasteiger partial charge in [0.2, 0.25) is 5.95 Å². The lowest BCUT2D eigenvalue weighted by Gasteiger charge is -2.05. The van der Waals surface area contributed by atoms with Crippen LogP contribution in [0.3, 0.4) is 0 Å². The van der Waals surface area contributed by atoms with Crippen molar-refractivity contribution in [1.82, 2.24) is 24.7 Å². The molecule has 7 nitrogen and oxygen atoms in total. The standard InChI is InChI=1S/C17H19FN6O/c1-12-4-5-13(10-14(12)18)16-22-17(20-7-3-9-25-2)23-24(16)15-6-8-19-11-21-15/h4-6,8,10-11H,3,7,9H2,1-2H3,(H,20,23). The molecule has 3 aromatic rings. The van der Waals surface area contributed by atoms with Crippen LogP contribution >= 0.6 is 0 Å². The minimum Gasteiger partial charge on any atom is -0.385 e. The number of ether oxygens (including phenoxy) is 1. The maximum atomic E-state index is 14.0. The minimum atomic E-state index is -0.288. The first-order valence-corrected chi connectivity index (χ1v) is 7.92. The molecule has 1 N–H and O–H groups in total. The Labute approximate surface area is 144 Å². The zero-order valence-electron chi connectivity index (χ0n) is 14.1. The van der Waals surface area contributed by atoms with E-state index >= 15 is 0 Å². The molecule has 1 aromatic carbocycles. The third-order valence-corrected chi connectivity index (χ3v) is 3.63. The SMILES string of the molecule is COCCCNc1nc(-c2ccc(C)c(F)c2)n(-c2ccncn2)n1. The van der Waals surface area contributed by atoms with Crippen LogP contribution in [0.5, 0.6) is 0 Å². The topological polar surface area (TPSA) is 77.8 Å². The Balaban J connectivity index is 1.96.